The number of anilines is 1. The van der Waals surface area contributed by atoms with Gasteiger partial charge in [0, 0.05) is 12.6 Å². The molecule has 1 aromatic rings. The molecule has 0 amide bonds. The SMILES string of the molecule is CC(C)NS(=O)(=O)c1ccccc1N1CCCC1CO. The second kappa shape index (κ2) is 6.11. The fraction of sp³-hybridized carbons (Fsp3) is 0.571. The van der Waals surface area contributed by atoms with Gasteiger partial charge in [-0.1, -0.05) is 12.1 Å². The highest BCUT2D eigenvalue weighted by Crippen LogP contribution is 2.31. The number of rotatable bonds is 5. The van der Waals surface area contributed by atoms with Crippen LogP contribution in [0.15, 0.2) is 29.2 Å². The zero-order valence-corrected chi connectivity index (χ0v) is 12.7. The Labute approximate surface area is 120 Å². The molecular formula is C14H22N2O3S. The predicted octanol–water partition coefficient (Wildman–Crippen LogP) is 1.33. The average Bonchev–Trinajstić information content (AvgIpc) is 2.85. The van der Waals surface area contributed by atoms with Crippen molar-refractivity contribution in [1.29, 1.82) is 0 Å². The van der Waals surface area contributed by atoms with Gasteiger partial charge in [0.1, 0.15) is 4.90 Å². The molecule has 0 aliphatic carbocycles. The Morgan fingerprint density at radius 1 is 1.40 bits per heavy atom. The van der Waals surface area contributed by atoms with E-state index in [1.807, 2.05) is 17.0 Å². The molecule has 6 heteroatoms. The minimum atomic E-state index is -3.53. The summed E-state index contributed by atoms with van der Waals surface area (Å²) >= 11 is 0. The molecule has 1 aliphatic heterocycles. The Balaban J connectivity index is 2.41. The van der Waals surface area contributed by atoms with Crippen molar-refractivity contribution in [1.82, 2.24) is 4.72 Å². The predicted molar refractivity (Wildman–Crippen MR) is 79.4 cm³/mol. The summed E-state index contributed by atoms with van der Waals surface area (Å²) in [5, 5.41) is 9.43. The number of hydrogen-bond donors (Lipinski definition) is 2. The highest BCUT2D eigenvalue weighted by Gasteiger charge is 2.29. The van der Waals surface area contributed by atoms with Crippen LogP contribution in [0, 0.1) is 0 Å². The van der Waals surface area contributed by atoms with Crippen LogP contribution in [0.5, 0.6) is 0 Å². The molecule has 0 spiro atoms. The summed E-state index contributed by atoms with van der Waals surface area (Å²) in [5.74, 6) is 0. The van der Waals surface area contributed by atoms with Gasteiger partial charge in [0.25, 0.3) is 0 Å². The number of para-hydroxylation sites is 1. The lowest BCUT2D eigenvalue weighted by Gasteiger charge is -2.27. The summed E-state index contributed by atoms with van der Waals surface area (Å²) in [6.07, 6.45) is 1.86. The Bertz CT molecular complexity index is 557. The molecule has 0 radical (unpaired) electrons. The molecule has 1 unspecified atom stereocenters. The highest BCUT2D eigenvalue weighted by atomic mass is 32.2. The lowest BCUT2D eigenvalue weighted by Crippen LogP contribution is -2.35. The number of nitrogens with zero attached hydrogens (tertiary/aromatic N) is 1. The largest absolute Gasteiger partial charge is 0.394 e. The smallest absolute Gasteiger partial charge is 0.242 e. The first-order valence-electron chi connectivity index (χ1n) is 6.94. The van der Waals surface area contributed by atoms with Crippen LogP contribution in [-0.2, 0) is 10.0 Å². The summed E-state index contributed by atoms with van der Waals surface area (Å²) in [4.78, 5) is 2.28. The van der Waals surface area contributed by atoms with E-state index in [1.165, 1.54) is 0 Å². The molecule has 1 heterocycles. The van der Waals surface area contributed by atoms with Gasteiger partial charge in [-0.25, -0.2) is 13.1 Å². The molecule has 1 fully saturated rings. The zero-order valence-electron chi connectivity index (χ0n) is 11.9. The standard InChI is InChI=1S/C14H22N2O3S/c1-11(2)15-20(18,19)14-8-4-3-7-13(14)16-9-5-6-12(16)10-17/h3-4,7-8,11-12,15,17H,5-6,9-10H2,1-2H3. The first-order valence-corrected chi connectivity index (χ1v) is 8.43. The first-order chi connectivity index (χ1) is 9.45. The highest BCUT2D eigenvalue weighted by molar-refractivity contribution is 7.89. The maximum Gasteiger partial charge on any atom is 0.242 e. The van der Waals surface area contributed by atoms with Crippen LogP contribution in [0.2, 0.25) is 0 Å². The van der Waals surface area contributed by atoms with Gasteiger partial charge in [-0.05, 0) is 38.8 Å². The van der Waals surface area contributed by atoms with Gasteiger partial charge in [0.05, 0.1) is 18.3 Å². The Kier molecular flexibility index (Phi) is 4.67. The Morgan fingerprint density at radius 2 is 2.10 bits per heavy atom. The van der Waals surface area contributed by atoms with Crippen LogP contribution in [-0.4, -0.2) is 38.8 Å². The third-order valence-electron chi connectivity index (χ3n) is 3.44. The summed E-state index contributed by atoms with van der Waals surface area (Å²) in [6.45, 7) is 4.42. The fourth-order valence-electron chi connectivity index (χ4n) is 2.64. The minimum Gasteiger partial charge on any atom is -0.394 e. The van der Waals surface area contributed by atoms with E-state index in [9.17, 15) is 13.5 Å². The molecule has 2 rings (SSSR count). The number of benzene rings is 1. The number of sulfonamides is 1. The minimum absolute atomic E-state index is 0.00500. The van der Waals surface area contributed by atoms with E-state index < -0.39 is 10.0 Å². The normalized spacial score (nSPS) is 19.8. The molecule has 5 nitrogen and oxygen atoms in total. The number of hydrogen-bond acceptors (Lipinski definition) is 4. The van der Waals surface area contributed by atoms with Crippen molar-refractivity contribution in [3.05, 3.63) is 24.3 Å². The third-order valence-corrected chi connectivity index (χ3v) is 5.15. The van der Waals surface area contributed by atoms with E-state index in [1.54, 1.807) is 26.0 Å². The second-order valence-corrected chi connectivity index (χ2v) is 7.10. The van der Waals surface area contributed by atoms with Crippen LogP contribution in [0.25, 0.3) is 0 Å². The molecule has 0 bridgehead atoms. The monoisotopic (exact) mass is 298 g/mol. The molecule has 20 heavy (non-hydrogen) atoms. The van der Waals surface area contributed by atoms with Crippen LogP contribution in [0.4, 0.5) is 5.69 Å². The van der Waals surface area contributed by atoms with Crippen LogP contribution in [0.1, 0.15) is 26.7 Å². The summed E-state index contributed by atoms with van der Waals surface area (Å²) < 4.78 is 27.4. The first kappa shape index (κ1) is 15.3. The van der Waals surface area contributed by atoms with E-state index >= 15 is 0 Å². The van der Waals surface area contributed by atoms with Crippen LogP contribution in [0.3, 0.4) is 0 Å². The number of aliphatic hydroxyl groups excluding tert-OH is 1. The summed E-state index contributed by atoms with van der Waals surface area (Å²) in [7, 11) is -3.53. The van der Waals surface area contributed by atoms with Gasteiger partial charge in [-0.15, -0.1) is 0 Å². The van der Waals surface area contributed by atoms with Crippen molar-refractivity contribution in [2.24, 2.45) is 0 Å². The lowest BCUT2D eigenvalue weighted by molar-refractivity contribution is 0.266. The number of aliphatic hydroxyl groups is 1. The van der Waals surface area contributed by atoms with Crippen molar-refractivity contribution in [2.75, 3.05) is 18.1 Å². The quantitative estimate of drug-likeness (QED) is 0.860. The molecule has 0 aromatic heterocycles. The van der Waals surface area contributed by atoms with Crippen molar-refractivity contribution >= 4 is 15.7 Å². The van der Waals surface area contributed by atoms with E-state index in [4.69, 9.17) is 0 Å². The Morgan fingerprint density at radius 3 is 2.75 bits per heavy atom. The van der Waals surface area contributed by atoms with Crippen molar-refractivity contribution < 1.29 is 13.5 Å². The van der Waals surface area contributed by atoms with Crippen molar-refractivity contribution in [2.45, 2.75) is 43.7 Å². The van der Waals surface area contributed by atoms with Crippen LogP contribution >= 0.6 is 0 Å². The van der Waals surface area contributed by atoms with E-state index in [2.05, 4.69) is 4.72 Å². The molecule has 112 valence electrons. The average molecular weight is 298 g/mol. The van der Waals surface area contributed by atoms with Gasteiger partial charge in [0.2, 0.25) is 10.0 Å². The second-order valence-electron chi connectivity index (χ2n) is 5.42. The van der Waals surface area contributed by atoms with E-state index in [-0.39, 0.29) is 23.6 Å². The molecule has 1 aliphatic rings. The van der Waals surface area contributed by atoms with Crippen molar-refractivity contribution in [3.8, 4) is 0 Å². The molecule has 2 N–H and O–H groups in total. The molecule has 1 saturated heterocycles. The molecule has 1 aromatic carbocycles. The summed E-state index contributed by atoms with van der Waals surface area (Å²) in [5.41, 5.74) is 0.678. The van der Waals surface area contributed by atoms with Gasteiger partial charge in [-0.2, -0.15) is 0 Å². The zero-order chi connectivity index (χ0) is 14.8. The molecule has 0 saturated carbocycles. The van der Waals surface area contributed by atoms with Gasteiger partial charge >= 0.3 is 0 Å². The third kappa shape index (κ3) is 3.13. The maximum absolute atomic E-state index is 12.4. The Hall–Kier alpha value is -1.11. The van der Waals surface area contributed by atoms with Crippen molar-refractivity contribution in [3.63, 3.8) is 0 Å². The van der Waals surface area contributed by atoms with E-state index in [0.29, 0.717) is 5.69 Å². The topological polar surface area (TPSA) is 69.6 Å². The maximum atomic E-state index is 12.4. The van der Waals surface area contributed by atoms with Gasteiger partial charge in [0.15, 0.2) is 0 Å². The van der Waals surface area contributed by atoms with E-state index in [0.717, 1.165) is 19.4 Å². The fourth-order valence-corrected chi connectivity index (χ4v) is 4.10. The molecule has 1 atom stereocenters. The number of nitrogens with one attached hydrogen (secondary N) is 1. The van der Waals surface area contributed by atoms with Gasteiger partial charge < -0.3 is 10.0 Å². The lowest BCUT2D eigenvalue weighted by atomic mass is 10.2. The molecular weight excluding hydrogens is 276 g/mol. The summed E-state index contributed by atoms with van der Waals surface area (Å²) in [6, 6.07) is 6.83. The van der Waals surface area contributed by atoms with Gasteiger partial charge in [-0.3, -0.25) is 0 Å². The van der Waals surface area contributed by atoms with Crippen LogP contribution < -0.4 is 9.62 Å².